The number of methoxy groups -OCH3 is 2. The second-order valence-electron chi connectivity index (χ2n) is 7.49. The Morgan fingerprint density at radius 1 is 0.967 bits per heavy atom. The molecule has 2 aromatic rings. The van der Waals surface area contributed by atoms with Crippen molar-refractivity contribution in [2.45, 2.75) is 26.3 Å². The Bertz CT molecular complexity index is 925. The lowest BCUT2D eigenvalue weighted by Crippen LogP contribution is -2.41. The number of nitrogens with one attached hydrogen (secondary N) is 1. The van der Waals surface area contributed by atoms with Gasteiger partial charge < -0.3 is 14.8 Å². The predicted molar refractivity (Wildman–Crippen MR) is 119 cm³/mol. The van der Waals surface area contributed by atoms with E-state index in [0.29, 0.717) is 17.4 Å². The molecule has 0 radical (unpaired) electrons. The van der Waals surface area contributed by atoms with Crippen LogP contribution in [0, 0.1) is 5.92 Å². The quantitative estimate of drug-likeness (QED) is 0.620. The molecule has 0 aliphatic carbocycles. The lowest BCUT2D eigenvalue weighted by molar-refractivity contribution is -0.120. The third kappa shape index (κ3) is 6.66. The van der Waals surface area contributed by atoms with E-state index in [0.717, 1.165) is 28.3 Å². The van der Waals surface area contributed by atoms with E-state index in [4.69, 9.17) is 9.47 Å². The van der Waals surface area contributed by atoms with Crippen LogP contribution in [-0.2, 0) is 14.8 Å². The standard InChI is InChI=1S/C22H30N2O5S/c1-16(2)14-21(17-6-10-19(28-3)11-7-17)23-22(25)15-24(30(5,26)27)18-8-12-20(29-4)13-9-18/h6-13,16,21H,14-15H2,1-5H3,(H,23,25)/t21-/m0/s1. The van der Waals surface area contributed by atoms with Crippen LogP contribution in [0.15, 0.2) is 48.5 Å². The Morgan fingerprint density at radius 2 is 1.47 bits per heavy atom. The van der Waals surface area contributed by atoms with Crippen molar-refractivity contribution >= 4 is 21.6 Å². The minimum atomic E-state index is -3.65. The third-order valence-corrected chi connectivity index (χ3v) is 5.75. The number of amides is 1. The highest BCUT2D eigenvalue weighted by Crippen LogP contribution is 2.25. The van der Waals surface area contributed by atoms with Crippen LogP contribution >= 0.6 is 0 Å². The molecule has 2 rings (SSSR count). The predicted octanol–water partition coefficient (Wildman–Crippen LogP) is 3.37. The minimum Gasteiger partial charge on any atom is -0.497 e. The van der Waals surface area contributed by atoms with E-state index >= 15 is 0 Å². The molecular weight excluding hydrogens is 404 g/mol. The van der Waals surface area contributed by atoms with Crippen LogP contribution in [0.4, 0.5) is 5.69 Å². The fourth-order valence-corrected chi connectivity index (χ4v) is 3.96. The van der Waals surface area contributed by atoms with Crippen molar-refractivity contribution in [1.82, 2.24) is 5.32 Å². The van der Waals surface area contributed by atoms with Crippen molar-refractivity contribution in [3.8, 4) is 11.5 Å². The van der Waals surface area contributed by atoms with E-state index < -0.39 is 10.0 Å². The van der Waals surface area contributed by atoms with Crippen LogP contribution in [0.5, 0.6) is 11.5 Å². The van der Waals surface area contributed by atoms with E-state index in [2.05, 4.69) is 19.2 Å². The monoisotopic (exact) mass is 434 g/mol. The average molecular weight is 435 g/mol. The molecule has 1 N–H and O–H groups in total. The summed E-state index contributed by atoms with van der Waals surface area (Å²) in [6.45, 7) is 3.83. The highest BCUT2D eigenvalue weighted by atomic mass is 32.2. The average Bonchev–Trinajstić information content (AvgIpc) is 2.70. The van der Waals surface area contributed by atoms with Crippen molar-refractivity contribution in [2.75, 3.05) is 31.3 Å². The van der Waals surface area contributed by atoms with Crippen molar-refractivity contribution in [1.29, 1.82) is 0 Å². The Labute approximate surface area is 179 Å². The largest absolute Gasteiger partial charge is 0.497 e. The summed E-state index contributed by atoms with van der Waals surface area (Å²) >= 11 is 0. The lowest BCUT2D eigenvalue weighted by Gasteiger charge is -2.25. The first-order chi connectivity index (χ1) is 14.1. The molecule has 0 unspecified atom stereocenters. The van der Waals surface area contributed by atoms with E-state index in [9.17, 15) is 13.2 Å². The molecule has 0 spiro atoms. The highest BCUT2D eigenvalue weighted by molar-refractivity contribution is 7.92. The first-order valence-electron chi connectivity index (χ1n) is 9.69. The van der Waals surface area contributed by atoms with Gasteiger partial charge in [-0.2, -0.15) is 0 Å². The van der Waals surface area contributed by atoms with Gasteiger partial charge in [0, 0.05) is 0 Å². The van der Waals surface area contributed by atoms with E-state index in [1.54, 1.807) is 31.4 Å². The van der Waals surface area contributed by atoms with Gasteiger partial charge in [-0.1, -0.05) is 26.0 Å². The third-order valence-electron chi connectivity index (χ3n) is 4.61. The van der Waals surface area contributed by atoms with Gasteiger partial charge in [0.25, 0.3) is 0 Å². The molecule has 0 aromatic heterocycles. The summed E-state index contributed by atoms with van der Waals surface area (Å²) in [7, 11) is -0.519. The number of hydrogen-bond acceptors (Lipinski definition) is 5. The fourth-order valence-electron chi connectivity index (χ4n) is 3.10. The van der Waals surface area contributed by atoms with Gasteiger partial charge >= 0.3 is 0 Å². The SMILES string of the molecule is COc1ccc([C@H](CC(C)C)NC(=O)CN(c2ccc(OC)cc2)S(C)(=O)=O)cc1. The molecule has 1 amide bonds. The van der Waals surface area contributed by atoms with Crippen molar-refractivity contribution in [3.05, 3.63) is 54.1 Å². The van der Waals surface area contributed by atoms with Crippen LogP contribution in [0.2, 0.25) is 0 Å². The summed E-state index contributed by atoms with van der Waals surface area (Å²) in [5, 5.41) is 2.99. The Hall–Kier alpha value is -2.74. The number of rotatable bonds is 10. The minimum absolute atomic E-state index is 0.235. The first kappa shape index (κ1) is 23.5. The lowest BCUT2D eigenvalue weighted by atomic mass is 9.97. The summed E-state index contributed by atoms with van der Waals surface area (Å²) in [6, 6.07) is 13.8. The molecule has 164 valence electrons. The smallest absolute Gasteiger partial charge is 0.241 e. The van der Waals surface area contributed by atoms with Crippen molar-refractivity contribution < 1.29 is 22.7 Å². The summed E-state index contributed by atoms with van der Waals surface area (Å²) < 4.78 is 36.1. The van der Waals surface area contributed by atoms with Gasteiger partial charge in [-0.3, -0.25) is 9.10 Å². The molecule has 30 heavy (non-hydrogen) atoms. The van der Waals surface area contributed by atoms with Gasteiger partial charge in [-0.15, -0.1) is 0 Å². The van der Waals surface area contributed by atoms with Crippen LogP contribution < -0.4 is 19.1 Å². The molecule has 0 heterocycles. The number of anilines is 1. The van der Waals surface area contributed by atoms with E-state index in [1.165, 1.54) is 7.11 Å². The summed E-state index contributed by atoms with van der Waals surface area (Å²) in [5.41, 5.74) is 1.34. The molecule has 0 aliphatic rings. The molecule has 0 saturated heterocycles. The number of carbonyl (C=O) groups excluding carboxylic acids is 1. The number of ether oxygens (including phenoxy) is 2. The highest BCUT2D eigenvalue weighted by Gasteiger charge is 2.23. The summed E-state index contributed by atoms with van der Waals surface area (Å²) in [4.78, 5) is 12.8. The fraction of sp³-hybridized carbons (Fsp3) is 0.409. The van der Waals surface area contributed by atoms with Gasteiger partial charge in [-0.25, -0.2) is 8.42 Å². The molecule has 1 atom stereocenters. The van der Waals surface area contributed by atoms with Gasteiger partial charge in [-0.05, 0) is 54.3 Å². The number of nitrogens with zero attached hydrogens (tertiary/aromatic N) is 1. The zero-order valence-electron chi connectivity index (χ0n) is 18.1. The maximum absolute atomic E-state index is 12.8. The molecule has 7 nitrogen and oxygen atoms in total. The Balaban J connectivity index is 2.21. The molecule has 2 aromatic carbocycles. The molecule has 8 heteroatoms. The molecule has 0 aliphatic heterocycles. The van der Waals surface area contributed by atoms with Crippen LogP contribution in [-0.4, -0.2) is 41.3 Å². The second-order valence-corrected chi connectivity index (χ2v) is 9.40. The topological polar surface area (TPSA) is 84.9 Å². The van der Waals surface area contributed by atoms with Crippen molar-refractivity contribution in [3.63, 3.8) is 0 Å². The number of benzene rings is 2. The second kappa shape index (κ2) is 10.3. The normalized spacial score (nSPS) is 12.3. The van der Waals surface area contributed by atoms with E-state index in [-0.39, 0.29) is 18.5 Å². The van der Waals surface area contributed by atoms with Gasteiger partial charge in [0.15, 0.2) is 0 Å². The van der Waals surface area contributed by atoms with Crippen LogP contribution in [0.3, 0.4) is 0 Å². The zero-order valence-corrected chi connectivity index (χ0v) is 18.9. The summed E-state index contributed by atoms with van der Waals surface area (Å²) in [5.74, 6) is 1.30. The Kier molecular flexibility index (Phi) is 8.11. The number of sulfonamides is 1. The molecule has 0 fully saturated rings. The summed E-state index contributed by atoms with van der Waals surface area (Å²) in [6.07, 6.45) is 1.80. The van der Waals surface area contributed by atoms with E-state index in [1.807, 2.05) is 24.3 Å². The van der Waals surface area contributed by atoms with Gasteiger partial charge in [0.05, 0.1) is 32.2 Å². The molecule has 0 saturated carbocycles. The number of carbonyl (C=O) groups is 1. The maximum Gasteiger partial charge on any atom is 0.241 e. The molecular formula is C22H30N2O5S. The number of hydrogen-bond donors (Lipinski definition) is 1. The van der Waals surface area contributed by atoms with Crippen molar-refractivity contribution in [2.24, 2.45) is 5.92 Å². The van der Waals surface area contributed by atoms with Gasteiger partial charge in [0.2, 0.25) is 15.9 Å². The zero-order chi connectivity index (χ0) is 22.3. The van der Waals surface area contributed by atoms with Gasteiger partial charge in [0.1, 0.15) is 18.0 Å². The van der Waals surface area contributed by atoms with Crippen LogP contribution in [0.25, 0.3) is 0 Å². The first-order valence-corrected chi connectivity index (χ1v) is 11.5. The molecule has 0 bridgehead atoms. The maximum atomic E-state index is 12.8. The Morgan fingerprint density at radius 3 is 1.90 bits per heavy atom. The van der Waals surface area contributed by atoms with Crippen LogP contribution in [0.1, 0.15) is 31.9 Å².